The van der Waals surface area contributed by atoms with Gasteiger partial charge in [0.1, 0.15) is 5.75 Å². The van der Waals surface area contributed by atoms with Crippen LogP contribution >= 0.6 is 22.6 Å². The first-order valence-corrected chi connectivity index (χ1v) is 6.18. The molecular weight excluding hydrogens is 335 g/mol. The SMILES string of the molecule is COCOc1c(I)c(C)c(OC)c(C)c1OC. The van der Waals surface area contributed by atoms with Crippen LogP contribution in [0.4, 0.5) is 0 Å². The molecule has 0 spiro atoms. The van der Waals surface area contributed by atoms with Gasteiger partial charge in [0.25, 0.3) is 0 Å². The number of halogens is 1. The summed E-state index contributed by atoms with van der Waals surface area (Å²) in [5.41, 5.74) is 1.97. The molecule has 1 rings (SSSR count). The minimum Gasteiger partial charge on any atom is -0.496 e. The summed E-state index contributed by atoms with van der Waals surface area (Å²) < 4.78 is 22.2. The summed E-state index contributed by atoms with van der Waals surface area (Å²) in [4.78, 5) is 0. The molecule has 0 aromatic heterocycles. The van der Waals surface area contributed by atoms with Gasteiger partial charge in [0.2, 0.25) is 0 Å². The zero-order valence-electron chi connectivity index (χ0n) is 10.7. The number of rotatable bonds is 5. The Morgan fingerprint density at radius 2 is 1.47 bits per heavy atom. The molecular formula is C12H17IO4. The van der Waals surface area contributed by atoms with Gasteiger partial charge >= 0.3 is 0 Å². The molecule has 5 heteroatoms. The van der Waals surface area contributed by atoms with Gasteiger partial charge in [-0.05, 0) is 36.4 Å². The van der Waals surface area contributed by atoms with Crippen molar-refractivity contribution in [2.45, 2.75) is 13.8 Å². The van der Waals surface area contributed by atoms with Gasteiger partial charge in [-0.3, -0.25) is 0 Å². The van der Waals surface area contributed by atoms with Crippen molar-refractivity contribution in [2.24, 2.45) is 0 Å². The van der Waals surface area contributed by atoms with Gasteiger partial charge in [0, 0.05) is 18.2 Å². The molecule has 0 aliphatic rings. The monoisotopic (exact) mass is 352 g/mol. The highest BCUT2D eigenvalue weighted by atomic mass is 127. The molecule has 0 saturated carbocycles. The van der Waals surface area contributed by atoms with Gasteiger partial charge in [-0.15, -0.1) is 0 Å². The van der Waals surface area contributed by atoms with Crippen LogP contribution in [0.3, 0.4) is 0 Å². The van der Waals surface area contributed by atoms with Crippen molar-refractivity contribution in [2.75, 3.05) is 28.1 Å². The molecule has 0 aliphatic heterocycles. The predicted molar refractivity (Wildman–Crippen MR) is 74.2 cm³/mol. The first-order valence-electron chi connectivity index (χ1n) is 5.10. The van der Waals surface area contributed by atoms with Crippen molar-refractivity contribution in [3.8, 4) is 17.2 Å². The Morgan fingerprint density at radius 1 is 0.882 bits per heavy atom. The van der Waals surface area contributed by atoms with Crippen molar-refractivity contribution in [3.63, 3.8) is 0 Å². The van der Waals surface area contributed by atoms with Gasteiger partial charge in [0.15, 0.2) is 18.3 Å². The minimum absolute atomic E-state index is 0.192. The summed E-state index contributed by atoms with van der Waals surface area (Å²) in [6.07, 6.45) is 0. The third kappa shape index (κ3) is 2.77. The predicted octanol–water partition coefficient (Wildman–Crippen LogP) is 2.91. The first kappa shape index (κ1) is 14.4. The van der Waals surface area contributed by atoms with E-state index >= 15 is 0 Å². The normalized spacial score (nSPS) is 10.2. The van der Waals surface area contributed by atoms with E-state index in [0.29, 0.717) is 11.5 Å². The highest BCUT2D eigenvalue weighted by Crippen LogP contribution is 2.43. The van der Waals surface area contributed by atoms with E-state index in [-0.39, 0.29) is 6.79 Å². The lowest BCUT2D eigenvalue weighted by Gasteiger charge is -2.19. The Morgan fingerprint density at radius 3 is 1.94 bits per heavy atom. The minimum atomic E-state index is 0.192. The molecule has 96 valence electrons. The molecule has 0 atom stereocenters. The smallest absolute Gasteiger partial charge is 0.188 e. The second-order valence-corrected chi connectivity index (χ2v) is 4.59. The molecule has 0 radical (unpaired) electrons. The van der Waals surface area contributed by atoms with Crippen molar-refractivity contribution >= 4 is 22.6 Å². The fraction of sp³-hybridized carbons (Fsp3) is 0.500. The molecule has 0 fully saturated rings. The van der Waals surface area contributed by atoms with Gasteiger partial charge in [-0.1, -0.05) is 0 Å². The van der Waals surface area contributed by atoms with Crippen LogP contribution in [0.5, 0.6) is 17.2 Å². The number of ether oxygens (including phenoxy) is 4. The van der Waals surface area contributed by atoms with E-state index < -0.39 is 0 Å². The standard InChI is InChI=1S/C12H17IO4/c1-7-9(13)12(17-6-14-3)11(16-5)8(2)10(7)15-4/h6H2,1-5H3. The largest absolute Gasteiger partial charge is 0.496 e. The van der Waals surface area contributed by atoms with E-state index in [0.717, 1.165) is 20.4 Å². The van der Waals surface area contributed by atoms with Crippen molar-refractivity contribution in [3.05, 3.63) is 14.7 Å². The summed E-state index contributed by atoms with van der Waals surface area (Å²) in [6.45, 7) is 4.13. The van der Waals surface area contributed by atoms with Crippen LogP contribution in [0.25, 0.3) is 0 Å². The van der Waals surface area contributed by atoms with Crippen LogP contribution in [0.15, 0.2) is 0 Å². The highest BCUT2D eigenvalue weighted by molar-refractivity contribution is 14.1. The van der Waals surface area contributed by atoms with Crippen LogP contribution in [0.2, 0.25) is 0 Å². The van der Waals surface area contributed by atoms with Crippen LogP contribution in [-0.4, -0.2) is 28.1 Å². The Kier molecular flexibility index (Phi) is 5.32. The van der Waals surface area contributed by atoms with E-state index in [2.05, 4.69) is 22.6 Å². The second-order valence-electron chi connectivity index (χ2n) is 3.51. The second kappa shape index (κ2) is 6.30. The van der Waals surface area contributed by atoms with Crippen molar-refractivity contribution in [1.29, 1.82) is 0 Å². The lowest BCUT2D eigenvalue weighted by molar-refractivity contribution is 0.0483. The summed E-state index contributed by atoms with van der Waals surface area (Å²) >= 11 is 2.22. The van der Waals surface area contributed by atoms with Crippen LogP contribution in [0, 0.1) is 17.4 Å². The molecule has 17 heavy (non-hydrogen) atoms. The molecule has 0 bridgehead atoms. The average molecular weight is 352 g/mol. The lowest BCUT2D eigenvalue weighted by Crippen LogP contribution is -2.06. The molecule has 0 saturated heterocycles. The number of hydrogen-bond acceptors (Lipinski definition) is 4. The first-order chi connectivity index (χ1) is 8.08. The number of hydrogen-bond donors (Lipinski definition) is 0. The van der Waals surface area contributed by atoms with E-state index in [1.165, 1.54) is 0 Å². The highest BCUT2D eigenvalue weighted by Gasteiger charge is 2.20. The van der Waals surface area contributed by atoms with E-state index in [1.54, 1.807) is 21.3 Å². The van der Waals surface area contributed by atoms with Crippen LogP contribution in [-0.2, 0) is 4.74 Å². The fourth-order valence-corrected chi connectivity index (χ4v) is 2.37. The summed E-state index contributed by atoms with van der Waals surface area (Å²) in [6, 6.07) is 0. The lowest BCUT2D eigenvalue weighted by atomic mass is 10.1. The maximum absolute atomic E-state index is 5.56. The molecule has 1 aromatic rings. The maximum atomic E-state index is 5.56. The topological polar surface area (TPSA) is 36.9 Å². The van der Waals surface area contributed by atoms with Crippen LogP contribution in [0.1, 0.15) is 11.1 Å². The molecule has 4 nitrogen and oxygen atoms in total. The Labute approximate surface area is 115 Å². The molecule has 0 amide bonds. The molecule has 1 aromatic carbocycles. The van der Waals surface area contributed by atoms with Crippen LogP contribution < -0.4 is 14.2 Å². The van der Waals surface area contributed by atoms with E-state index in [4.69, 9.17) is 18.9 Å². The third-order valence-corrected chi connectivity index (χ3v) is 3.78. The molecule has 0 aliphatic carbocycles. The summed E-state index contributed by atoms with van der Waals surface area (Å²) in [5, 5.41) is 0. The fourth-order valence-electron chi connectivity index (χ4n) is 1.72. The van der Waals surface area contributed by atoms with Crippen molar-refractivity contribution in [1.82, 2.24) is 0 Å². The number of benzene rings is 1. The average Bonchev–Trinajstić information content (AvgIpc) is 2.32. The zero-order valence-corrected chi connectivity index (χ0v) is 12.9. The van der Waals surface area contributed by atoms with E-state index in [1.807, 2.05) is 13.8 Å². The zero-order chi connectivity index (χ0) is 13.0. The summed E-state index contributed by atoms with van der Waals surface area (Å²) in [7, 11) is 4.86. The summed E-state index contributed by atoms with van der Waals surface area (Å²) in [5.74, 6) is 2.22. The van der Waals surface area contributed by atoms with Crippen molar-refractivity contribution < 1.29 is 18.9 Å². The molecule has 0 N–H and O–H groups in total. The van der Waals surface area contributed by atoms with Gasteiger partial charge in [-0.25, -0.2) is 0 Å². The Hall–Kier alpha value is -0.690. The van der Waals surface area contributed by atoms with Gasteiger partial charge in [0.05, 0.1) is 17.8 Å². The number of methoxy groups -OCH3 is 3. The third-order valence-electron chi connectivity index (χ3n) is 2.49. The van der Waals surface area contributed by atoms with Gasteiger partial charge < -0.3 is 18.9 Å². The molecule has 0 heterocycles. The van der Waals surface area contributed by atoms with Gasteiger partial charge in [-0.2, -0.15) is 0 Å². The van der Waals surface area contributed by atoms with E-state index in [9.17, 15) is 0 Å². The maximum Gasteiger partial charge on any atom is 0.188 e. The Balaban J connectivity index is 3.37. The molecule has 0 unspecified atom stereocenters. The quantitative estimate of drug-likeness (QED) is 0.603. The Bertz CT molecular complexity index is 404.